The zero-order chi connectivity index (χ0) is 13.7. The highest BCUT2D eigenvalue weighted by Crippen LogP contribution is 2.25. The van der Waals surface area contributed by atoms with Crippen molar-refractivity contribution in [2.45, 2.75) is 39.2 Å². The summed E-state index contributed by atoms with van der Waals surface area (Å²) in [4.78, 5) is 29.7. The highest BCUT2D eigenvalue weighted by atomic mass is 29.8. The van der Waals surface area contributed by atoms with Crippen molar-refractivity contribution in [2.75, 3.05) is 0 Å². The van der Waals surface area contributed by atoms with E-state index in [0.717, 1.165) is 0 Å². The van der Waals surface area contributed by atoms with Gasteiger partial charge in [0.25, 0.3) is 9.28 Å². The number of hydrogen-bond acceptors (Lipinski definition) is 5. The highest BCUT2D eigenvalue weighted by Gasteiger charge is 2.61. The van der Waals surface area contributed by atoms with Gasteiger partial charge in [-0.3, -0.25) is 0 Å². The maximum absolute atomic E-state index is 10.9. The average molecular weight is 341 g/mol. The molecular weight excluding hydrogens is 321 g/mol. The van der Waals surface area contributed by atoms with Gasteiger partial charge < -0.3 is 22.6 Å². The first-order valence-corrected chi connectivity index (χ1v) is 19.0. The van der Waals surface area contributed by atoms with E-state index in [2.05, 4.69) is 0 Å². The van der Waals surface area contributed by atoms with Gasteiger partial charge in [0.2, 0.25) is 7.35 Å². The quantitative estimate of drug-likeness (QED) is 0.505. The molecule has 0 aliphatic heterocycles. The van der Waals surface area contributed by atoms with Gasteiger partial charge in [-0.25, -0.2) is 0 Å². The molecule has 0 rings (SSSR count). The Morgan fingerprint density at radius 3 is 1.94 bits per heavy atom. The molecule has 0 aliphatic rings. The molecule has 0 saturated carbocycles. The molecule has 0 aromatic heterocycles. The summed E-state index contributed by atoms with van der Waals surface area (Å²) >= 11 is 0. The van der Waals surface area contributed by atoms with Gasteiger partial charge in [0.15, 0.2) is 9.04 Å². The molecule has 0 heterocycles. The molecule has 17 heavy (non-hydrogen) atoms. The lowest BCUT2D eigenvalue weighted by molar-refractivity contribution is 0.379. The molecule has 11 heteroatoms. The molecule has 0 fully saturated rings. The van der Waals surface area contributed by atoms with Crippen LogP contribution < -0.4 is 0 Å². The molecular formula is C6H20O5Si6. The zero-order valence-electron chi connectivity index (χ0n) is 10.9. The second-order valence-corrected chi connectivity index (χ2v) is 29.2. The van der Waals surface area contributed by atoms with Crippen molar-refractivity contribution in [1.29, 1.82) is 0 Å². The van der Waals surface area contributed by atoms with Gasteiger partial charge in [0.1, 0.15) is 0 Å². The predicted octanol–water partition coefficient (Wildman–Crippen LogP) is -0.784. The van der Waals surface area contributed by atoms with Gasteiger partial charge in [0.05, 0.1) is 8.31 Å². The second-order valence-electron chi connectivity index (χ2n) is 4.15. The summed E-state index contributed by atoms with van der Waals surface area (Å²) in [5, 5.41) is 0. The molecule has 0 amide bonds. The summed E-state index contributed by atoms with van der Waals surface area (Å²) in [6.07, 6.45) is 0. The van der Waals surface area contributed by atoms with Gasteiger partial charge >= 0.3 is 17.6 Å². The lowest BCUT2D eigenvalue weighted by Gasteiger charge is -2.42. The molecule has 0 aliphatic carbocycles. The summed E-state index contributed by atoms with van der Waals surface area (Å²) in [6, 6.07) is 0.619. The lowest BCUT2D eigenvalue weighted by atomic mass is 11.0. The first-order chi connectivity index (χ1) is 7.79. The van der Waals surface area contributed by atoms with Crippen LogP contribution in [0.15, 0.2) is 0 Å². The van der Waals surface area contributed by atoms with Crippen molar-refractivity contribution < 1.29 is 22.6 Å². The smallest absolute Gasteiger partial charge is 0.420 e. The van der Waals surface area contributed by atoms with E-state index in [-0.39, 0.29) is 0 Å². The van der Waals surface area contributed by atoms with Crippen LogP contribution in [0.3, 0.4) is 0 Å². The molecule has 0 aromatic rings. The Labute approximate surface area is 113 Å². The van der Waals surface area contributed by atoms with Crippen LogP contribution in [0.4, 0.5) is 0 Å². The van der Waals surface area contributed by atoms with Crippen LogP contribution in [-0.4, -0.2) is 66.0 Å². The fraction of sp³-hybridized carbons (Fsp3) is 1.00. The summed E-state index contributed by atoms with van der Waals surface area (Å²) < 4.78 is 11.3. The van der Waals surface area contributed by atoms with Crippen molar-refractivity contribution in [3.05, 3.63) is 0 Å². The maximum atomic E-state index is 10.9. The summed E-state index contributed by atoms with van der Waals surface area (Å²) in [5.41, 5.74) is 0. The van der Waals surface area contributed by atoms with E-state index < -0.39 is 51.6 Å². The normalized spacial score (nSPS) is 19.4. The van der Waals surface area contributed by atoms with Crippen molar-refractivity contribution in [2.24, 2.45) is 0 Å². The standard InChI is InChI=1S/C6H20O5Si6/c1-6-16(9,15(4)5)17(13-8,10-12-7)11-14(2)3/h7-9H,6H2,1-5H3. The number of hydrogen-bond donors (Lipinski definition) is 3. The minimum absolute atomic E-state index is 0.526. The van der Waals surface area contributed by atoms with Gasteiger partial charge in [-0.15, -0.1) is 0 Å². The maximum Gasteiger partial charge on any atom is 0.420 e. The predicted molar refractivity (Wildman–Crippen MR) is 77.3 cm³/mol. The SMILES string of the molecule is CC[Si](O)([Si](C)C)[Si](O[Si]O)(O[Si](C)C)[Si]O. The average Bonchev–Trinajstić information content (AvgIpc) is 2.26. The van der Waals surface area contributed by atoms with Crippen LogP contribution in [0.2, 0.25) is 32.2 Å². The summed E-state index contributed by atoms with van der Waals surface area (Å²) in [7, 11) is -9.08. The fourth-order valence-electron chi connectivity index (χ4n) is 1.59. The van der Waals surface area contributed by atoms with E-state index in [1.807, 2.05) is 33.1 Å². The van der Waals surface area contributed by atoms with Crippen LogP contribution in [-0.2, 0) is 8.23 Å². The third-order valence-corrected chi connectivity index (χ3v) is 40.3. The third-order valence-electron chi connectivity index (χ3n) is 2.57. The Morgan fingerprint density at radius 2 is 1.71 bits per heavy atom. The summed E-state index contributed by atoms with van der Waals surface area (Å²) in [6.45, 7) is 9.91. The molecule has 2 unspecified atom stereocenters. The van der Waals surface area contributed by atoms with Gasteiger partial charge in [0, 0.05) is 0 Å². The highest BCUT2D eigenvalue weighted by molar-refractivity contribution is 7.70. The van der Waals surface area contributed by atoms with Crippen LogP contribution in [0.5, 0.6) is 0 Å². The molecule has 3 N–H and O–H groups in total. The Balaban J connectivity index is 5.37. The molecule has 6 radical (unpaired) electrons. The minimum Gasteiger partial charge on any atom is -0.438 e. The molecule has 0 aromatic carbocycles. The van der Waals surface area contributed by atoms with E-state index in [9.17, 15) is 9.59 Å². The second kappa shape index (κ2) is 7.63. The van der Waals surface area contributed by atoms with E-state index in [4.69, 9.17) is 13.0 Å². The first-order valence-electron chi connectivity index (χ1n) is 5.30. The van der Waals surface area contributed by atoms with Crippen LogP contribution in [0, 0.1) is 0 Å². The van der Waals surface area contributed by atoms with Crippen molar-refractivity contribution >= 4 is 51.6 Å². The Kier molecular flexibility index (Phi) is 8.13. The van der Waals surface area contributed by atoms with Crippen molar-refractivity contribution in [1.82, 2.24) is 0 Å². The monoisotopic (exact) mass is 340 g/mol. The molecule has 0 bridgehead atoms. The molecule has 98 valence electrons. The van der Waals surface area contributed by atoms with Gasteiger partial charge in [-0.1, -0.05) is 20.0 Å². The largest absolute Gasteiger partial charge is 0.438 e. The Morgan fingerprint density at radius 1 is 1.18 bits per heavy atom. The molecule has 0 saturated heterocycles. The molecule has 0 spiro atoms. The fourth-order valence-corrected chi connectivity index (χ4v) is 43.3. The first kappa shape index (κ1) is 18.1. The van der Waals surface area contributed by atoms with E-state index in [0.29, 0.717) is 6.04 Å². The van der Waals surface area contributed by atoms with E-state index >= 15 is 0 Å². The van der Waals surface area contributed by atoms with E-state index in [1.165, 1.54) is 0 Å². The van der Waals surface area contributed by atoms with Crippen molar-refractivity contribution in [3.8, 4) is 0 Å². The molecule has 2 atom stereocenters. The van der Waals surface area contributed by atoms with Crippen LogP contribution in [0.1, 0.15) is 6.92 Å². The third kappa shape index (κ3) is 4.03. The lowest BCUT2D eigenvalue weighted by Crippen LogP contribution is -2.77. The number of rotatable bonds is 8. The van der Waals surface area contributed by atoms with Gasteiger partial charge in [-0.2, -0.15) is 0 Å². The zero-order valence-corrected chi connectivity index (χ0v) is 16.9. The Hall–Kier alpha value is 1.10. The van der Waals surface area contributed by atoms with Crippen LogP contribution in [0.25, 0.3) is 0 Å². The minimum atomic E-state index is -3.02. The Bertz CT molecular complexity index is 231. The summed E-state index contributed by atoms with van der Waals surface area (Å²) in [5.74, 6) is 0. The topological polar surface area (TPSA) is 79.2 Å². The van der Waals surface area contributed by atoms with E-state index in [1.54, 1.807) is 0 Å². The van der Waals surface area contributed by atoms with Gasteiger partial charge in [-0.05, 0) is 19.1 Å². The van der Waals surface area contributed by atoms with Crippen molar-refractivity contribution in [3.63, 3.8) is 0 Å². The molecule has 5 nitrogen and oxygen atoms in total. The van der Waals surface area contributed by atoms with Crippen LogP contribution >= 0.6 is 0 Å².